The largest absolute Gasteiger partial charge is 0.346 e. The lowest BCUT2D eigenvalue weighted by molar-refractivity contribution is -0.147. The number of piperidine rings is 1. The highest BCUT2D eigenvalue weighted by Crippen LogP contribution is 2.42. The zero-order chi connectivity index (χ0) is 15.0. The van der Waals surface area contributed by atoms with E-state index in [1.165, 1.54) is 0 Å². The molecule has 1 spiro atoms. The van der Waals surface area contributed by atoms with Crippen LogP contribution in [0.15, 0.2) is 0 Å². The summed E-state index contributed by atoms with van der Waals surface area (Å²) in [6, 6.07) is 0.303. The molecule has 1 unspecified atom stereocenters. The molecule has 5 nitrogen and oxygen atoms in total. The van der Waals surface area contributed by atoms with Crippen molar-refractivity contribution in [2.45, 2.75) is 52.5 Å². The van der Waals surface area contributed by atoms with E-state index in [1.54, 1.807) is 11.3 Å². The van der Waals surface area contributed by atoms with Gasteiger partial charge in [-0.25, -0.2) is 0 Å². The van der Waals surface area contributed by atoms with Gasteiger partial charge in [-0.3, -0.25) is 4.79 Å². The summed E-state index contributed by atoms with van der Waals surface area (Å²) >= 11 is 1.66. The molecule has 2 aliphatic heterocycles. The van der Waals surface area contributed by atoms with Gasteiger partial charge in [-0.1, -0.05) is 18.3 Å². The number of amides is 1. The summed E-state index contributed by atoms with van der Waals surface area (Å²) in [4.78, 5) is 17.2. The molecule has 6 heteroatoms. The molecule has 1 amide bonds. The summed E-state index contributed by atoms with van der Waals surface area (Å²) in [6.45, 7) is 8.98. The maximum Gasteiger partial charge on any atom is 0.230 e. The van der Waals surface area contributed by atoms with Crippen LogP contribution < -0.4 is 4.90 Å². The fourth-order valence-electron chi connectivity index (χ4n) is 3.52. The first kappa shape index (κ1) is 14.8. The minimum atomic E-state index is -0.180. The summed E-state index contributed by atoms with van der Waals surface area (Å²) < 4.78 is 0. The quantitative estimate of drug-likeness (QED) is 0.860. The molecule has 0 radical (unpaired) electrons. The number of nitrogens with zero attached hydrogens (tertiary/aromatic N) is 4. The smallest absolute Gasteiger partial charge is 0.230 e. The Balaban J connectivity index is 1.77. The first-order valence-electron chi connectivity index (χ1n) is 7.94. The Morgan fingerprint density at radius 1 is 1.29 bits per heavy atom. The van der Waals surface area contributed by atoms with Gasteiger partial charge in [0, 0.05) is 25.7 Å². The lowest BCUT2D eigenvalue weighted by Crippen LogP contribution is -2.52. The van der Waals surface area contributed by atoms with Crippen LogP contribution in [0.4, 0.5) is 5.13 Å². The van der Waals surface area contributed by atoms with Crippen LogP contribution in [0.1, 0.15) is 45.0 Å². The van der Waals surface area contributed by atoms with Crippen molar-refractivity contribution in [3.8, 4) is 0 Å². The standard InChI is InChI=1S/C15H24N4OS/c1-4-12-16-17-14(21-12)18-9-7-15(10-18)6-5-8-19(11(2)3)13(15)20/h11H,4-10H2,1-3H3. The molecular formula is C15H24N4OS. The Labute approximate surface area is 130 Å². The molecule has 0 N–H and O–H groups in total. The number of carbonyl (C=O) groups excluding carboxylic acids is 1. The van der Waals surface area contributed by atoms with Crippen molar-refractivity contribution in [1.82, 2.24) is 15.1 Å². The molecule has 2 aliphatic rings. The maximum atomic E-state index is 12.9. The van der Waals surface area contributed by atoms with E-state index in [0.29, 0.717) is 11.9 Å². The van der Waals surface area contributed by atoms with Gasteiger partial charge >= 0.3 is 0 Å². The predicted molar refractivity (Wildman–Crippen MR) is 84.6 cm³/mol. The van der Waals surface area contributed by atoms with Gasteiger partial charge in [0.1, 0.15) is 5.01 Å². The summed E-state index contributed by atoms with van der Waals surface area (Å²) in [6.07, 6.45) is 4.02. The summed E-state index contributed by atoms with van der Waals surface area (Å²) in [5, 5.41) is 10.6. The highest BCUT2D eigenvalue weighted by Gasteiger charge is 2.49. The third kappa shape index (κ3) is 2.54. The molecule has 2 fully saturated rings. The van der Waals surface area contributed by atoms with Gasteiger partial charge < -0.3 is 9.80 Å². The summed E-state index contributed by atoms with van der Waals surface area (Å²) in [7, 11) is 0. The second kappa shape index (κ2) is 5.55. The zero-order valence-electron chi connectivity index (χ0n) is 13.1. The minimum absolute atomic E-state index is 0.180. The minimum Gasteiger partial charge on any atom is -0.346 e. The number of hydrogen-bond donors (Lipinski definition) is 0. The average Bonchev–Trinajstić information content (AvgIpc) is 3.09. The molecule has 1 aromatic rings. The predicted octanol–water partition coefficient (Wildman–Crippen LogP) is 2.33. The first-order valence-corrected chi connectivity index (χ1v) is 8.76. The molecule has 1 aromatic heterocycles. The number of carbonyl (C=O) groups is 1. The Morgan fingerprint density at radius 2 is 2.10 bits per heavy atom. The van der Waals surface area contributed by atoms with Crippen molar-refractivity contribution >= 4 is 22.4 Å². The van der Waals surface area contributed by atoms with Crippen LogP contribution in [0.5, 0.6) is 0 Å². The molecule has 0 aromatic carbocycles. The van der Waals surface area contributed by atoms with E-state index in [4.69, 9.17) is 0 Å². The monoisotopic (exact) mass is 308 g/mol. The Morgan fingerprint density at radius 3 is 2.76 bits per heavy atom. The van der Waals surface area contributed by atoms with E-state index in [0.717, 1.165) is 55.5 Å². The Kier molecular flexibility index (Phi) is 3.90. The lowest BCUT2D eigenvalue weighted by atomic mass is 9.78. The fraction of sp³-hybridized carbons (Fsp3) is 0.800. The molecule has 0 saturated carbocycles. The highest BCUT2D eigenvalue weighted by molar-refractivity contribution is 7.15. The third-order valence-corrected chi connectivity index (χ3v) is 5.90. The maximum absolute atomic E-state index is 12.9. The number of likely N-dealkylation sites (tertiary alicyclic amines) is 1. The highest BCUT2D eigenvalue weighted by atomic mass is 32.1. The fourth-order valence-corrected chi connectivity index (χ4v) is 4.33. The van der Waals surface area contributed by atoms with Crippen LogP contribution in [0.3, 0.4) is 0 Å². The van der Waals surface area contributed by atoms with Gasteiger partial charge in [-0.2, -0.15) is 0 Å². The molecule has 3 heterocycles. The average molecular weight is 308 g/mol. The van der Waals surface area contributed by atoms with E-state index in [1.807, 2.05) is 0 Å². The van der Waals surface area contributed by atoms with E-state index in [-0.39, 0.29) is 5.41 Å². The van der Waals surface area contributed by atoms with Crippen LogP contribution in [-0.2, 0) is 11.2 Å². The second-order valence-corrected chi connectivity index (χ2v) is 7.52. The number of anilines is 1. The molecule has 3 rings (SSSR count). The van der Waals surface area contributed by atoms with Crippen LogP contribution in [0, 0.1) is 5.41 Å². The van der Waals surface area contributed by atoms with Gasteiger partial charge in [-0.15, -0.1) is 10.2 Å². The zero-order valence-corrected chi connectivity index (χ0v) is 13.9. The second-order valence-electron chi connectivity index (χ2n) is 6.48. The Hall–Kier alpha value is -1.17. The Bertz CT molecular complexity index is 529. The van der Waals surface area contributed by atoms with Crippen LogP contribution in [0.2, 0.25) is 0 Å². The van der Waals surface area contributed by atoms with E-state index >= 15 is 0 Å². The van der Waals surface area contributed by atoms with Crippen molar-refractivity contribution in [1.29, 1.82) is 0 Å². The molecule has 116 valence electrons. The van der Waals surface area contributed by atoms with Crippen molar-refractivity contribution in [2.75, 3.05) is 24.5 Å². The summed E-state index contributed by atoms with van der Waals surface area (Å²) in [5.74, 6) is 0.353. The number of aryl methyl sites for hydroxylation is 1. The van der Waals surface area contributed by atoms with Gasteiger partial charge in [-0.05, 0) is 39.5 Å². The SMILES string of the molecule is CCc1nnc(N2CCC3(CCCN(C(C)C)C3=O)C2)s1. The van der Waals surface area contributed by atoms with E-state index in [2.05, 4.69) is 40.8 Å². The molecule has 0 bridgehead atoms. The van der Waals surface area contributed by atoms with Crippen molar-refractivity contribution in [3.05, 3.63) is 5.01 Å². The molecule has 21 heavy (non-hydrogen) atoms. The number of hydrogen-bond acceptors (Lipinski definition) is 5. The van der Waals surface area contributed by atoms with Gasteiger partial charge in [0.05, 0.1) is 5.41 Å². The van der Waals surface area contributed by atoms with Crippen molar-refractivity contribution < 1.29 is 4.79 Å². The molecule has 1 atom stereocenters. The third-order valence-electron chi connectivity index (χ3n) is 4.78. The van der Waals surface area contributed by atoms with Gasteiger partial charge in [0.2, 0.25) is 11.0 Å². The van der Waals surface area contributed by atoms with Crippen molar-refractivity contribution in [2.24, 2.45) is 5.41 Å². The van der Waals surface area contributed by atoms with Crippen LogP contribution >= 0.6 is 11.3 Å². The topological polar surface area (TPSA) is 49.3 Å². The molecule has 2 saturated heterocycles. The number of rotatable bonds is 3. The molecular weight excluding hydrogens is 284 g/mol. The van der Waals surface area contributed by atoms with Crippen LogP contribution in [0.25, 0.3) is 0 Å². The van der Waals surface area contributed by atoms with E-state index in [9.17, 15) is 4.79 Å². The van der Waals surface area contributed by atoms with E-state index < -0.39 is 0 Å². The normalized spacial score (nSPS) is 26.4. The van der Waals surface area contributed by atoms with Gasteiger partial charge in [0.15, 0.2) is 0 Å². The van der Waals surface area contributed by atoms with Crippen molar-refractivity contribution in [3.63, 3.8) is 0 Å². The molecule has 0 aliphatic carbocycles. The lowest BCUT2D eigenvalue weighted by Gasteiger charge is -2.41. The first-order chi connectivity index (χ1) is 10.1. The van der Waals surface area contributed by atoms with Gasteiger partial charge in [0.25, 0.3) is 0 Å². The number of aromatic nitrogens is 2. The summed E-state index contributed by atoms with van der Waals surface area (Å²) in [5.41, 5.74) is -0.180. The van der Waals surface area contributed by atoms with Crippen LogP contribution in [-0.4, -0.2) is 46.7 Å².